The van der Waals surface area contributed by atoms with E-state index < -0.39 is 0 Å². The maximum absolute atomic E-state index is 5.57. The van der Waals surface area contributed by atoms with Crippen LogP contribution in [0.4, 0.5) is 0 Å². The van der Waals surface area contributed by atoms with Crippen molar-refractivity contribution in [2.45, 2.75) is 58.0 Å². The third-order valence-electron chi connectivity index (χ3n) is 4.64. The molecule has 2 fully saturated rings. The average Bonchev–Trinajstić information content (AvgIpc) is 2.46. The molecule has 0 aromatic carbocycles. The van der Waals surface area contributed by atoms with Gasteiger partial charge in [-0.25, -0.2) is 0 Å². The van der Waals surface area contributed by atoms with Crippen molar-refractivity contribution in [3.63, 3.8) is 0 Å². The number of hydrogen-bond donors (Lipinski definition) is 1. The van der Waals surface area contributed by atoms with Crippen LogP contribution in [0.3, 0.4) is 0 Å². The van der Waals surface area contributed by atoms with Crippen molar-refractivity contribution < 1.29 is 4.74 Å². The first-order valence-electron chi connectivity index (χ1n) is 7.86. The van der Waals surface area contributed by atoms with Crippen LogP contribution in [-0.2, 0) is 4.74 Å². The Kier molecular flexibility index (Phi) is 5.93. The van der Waals surface area contributed by atoms with Gasteiger partial charge in [0.2, 0.25) is 0 Å². The van der Waals surface area contributed by atoms with E-state index in [1.54, 1.807) is 0 Å². The minimum Gasteiger partial charge on any atom is -0.380 e. The lowest BCUT2D eigenvalue weighted by Crippen LogP contribution is -2.56. The zero-order valence-electron chi connectivity index (χ0n) is 12.2. The first kappa shape index (κ1) is 14.3. The van der Waals surface area contributed by atoms with Gasteiger partial charge in [0.15, 0.2) is 0 Å². The molecule has 0 aromatic rings. The molecule has 1 aliphatic heterocycles. The molecule has 0 amide bonds. The number of nitrogens with zero attached hydrogens (tertiary/aromatic N) is 1. The average molecular weight is 254 g/mol. The number of piperazine rings is 1. The lowest BCUT2D eigenvalue weighted by atomic mass is 9.83. The van der Waals surface area contributed by atoms with E-state index in [0.717, 1.165) is 31.7 Å². The Morgan fingerprint density at radius 1 is 1.28 bits per heavy atom. The smallest absolute Gasteiger partial charge is 0.0619 e. The second kappa shape index (κ2) is 7.46. The molecule has 2 rings (SSSR count). The van der Waals surface area contributed by atoms with Crippen LogP contribution in [-0.4, -0.2) is 49.8 Å². The highest BCUT2D eigenvalue weighted by atomic mass is 16.5. The van der Waals surface area contributed by atoms with Gasteiger partial charge in [-0.3, -0.25) is 4.90 Å². The van der Waals surface area contributed by atoms with E-state index in [1.165, 1.54) is 45.2 Å². The standard InChI is InChI=1S/C15H30N2O/c1-3-18-12-13(2)17-10-9-16-15(11-17)14-7-5-4-6-8-14/h13-16H,3-12H2,1-2H3. The van der Waals surface area contributed by atoms with E-state index in [4.69, 9.17) is 4.74 Å². The van der Waals surface area contributed by atoms with Gasteiger partial charge in [-0.2, -0.15) is 0 Å². The highest BCUT2D eigenvalue weighted by Crippen LogP contribution is 2.28. The molecule has 18 heavy (non-hydrogen) atoms. The summed E-state index contributed by atoms with van der Waals surface area (Å²) in [5.74, 6) is 0.917. The summed E-state index contributed by atoms with van der Waals surface area (Å²) in [4.78, 5) is 2.62. The third kappa shape index (κ3) is 3.94. The van der Waals surface area contributed by atoms with Crippen molar-refractivity contribution in [3.8, 4) is 0 Å². The molecule has 1 N–H and O–H groups in total. The molecule has 2 unspecified atom stereocenters. The predicted octanol–water partition coefficient (Wildman–Crippen LogP) is 2.27. The summed E-state index contributed by atoms with van der Waals surface area (Å²) in [6.45, 7) is 9.65. The summed E-state index contributed by atoms with van der Waals surface area (Å²) in [6, 6.07) is 1.29. The SMILES string of the molecule is CCOCC(C)N1CCNC(C2CCCCC2)C1. The summed E-state index contributed by atoms with van der Waals surface area (Å²) in [6.07, 6.45) is 7.21. The van der Waals surface area contributed by atoms with Gasteiger partial charge in [-0.15, -0.1) is 0 Å². The molecule has 0 aromatic heterocycles. The fourth-order valence-electron chi connectivity index (χ4n) is 3.45. The van der Waals surface area contributed by atoms with Crippen molar-refractivity contribution in [3.05, 3.63) is 0 Å². The van der Waals surface area contributed by atoms with Crippen LogP contribution in [0.15, 0.2) is 0 Å². The van der Waals surface area contributed by atoms with Gasteiger partial charge in [-0.05, 0) is 32.6 Å². The molecular formula is C15H30N2O. The van der Waals surface area contributed by atoms with Crippen molar-refractivity contribution in [2.75, 3.05) is 32.8 Å². The number of nitrogens with one attached hydrogen (secondary N) is 1. The molecule has 106 valence electrons. The lowest BCUT2D eigenvalue weighted by Gasteiger charge is -2.41. The normalized spacial score (nSPS) is 29.3. The summed E-state index contributed by atoms with van der Waals surface area (Å²) in [5.41, 5.74) is 0. The lowest BCUT2D eigenvalue weighted by molar-refractivity contribution is 0.0481. The van der Waals surface area contributed by atoms with Crippen molar-refractivity contribution >= 4 is 0 Å². The van der Waals surface area contributed by atoms with Gasteiger partial charge >= 0.3 is 0 Å². The van der Waals surface area contributed by atoms with Gasteiger partial charge in [0.1, 0.15) is 0 Å². The van der Waals surface area contributed by atoms with Gasteiger partial charge in [0.05, 0.1) is 6.61 Å². The molecule has 1 heterocycles. The van der Waals surface area contributed by atoms with E-state index in [9.17, 15) is 0 Å². The minimum atomic E-state index is 0.568. The summed E-state index contributed by atoms with van der Waals surface area (Å²) >= 11 is 0. The number of ether oxygens (including phenoxy) is 1. The molecule has 0 bridgehead atoms. The van der Waals surface area contributed by atoms with Crippen molar-refractivity contribution in [1.82, 2.24) is 10.2 Å². The topological polar surface area (TPSA) is 24.5 Å². The molecule has 1 aliphatic carbocycles. The quantitative estimate of drug-likeness (QED) is 0.814. The van der Waals surface area contributed by atoms with E-state index >= 15 is 0 Å². The van der Waals surface area contributed by atoms with Crippen LogP contribution in [0.25, 0.3) is 0 Å². The molecule has 1 saturated heterocycles. The first-order chi connectivity index (χ1) is 8.81. The highest BCUT2D eigenvalue weighted by molar-refractivity contribution is 4.87. The Balaban J connectivity index is 1.79. The predicted molar refractivity (Wildman–Crippen MR) is 75.9 cm³/mol. The molecule has 3 nitrogen and oxygen atoms in total. The van der Waals surface area contributed by atoms with Crippen molar-refractivity contribution in [2.24, 2.45) is 5.92 Å². The number of hydrogen-bond acceptors (Lipinski definition) is 3. The van der Waals surface area contributed by atoms with E-state index in [0.29, 0.717) is 6.04 Å². The maximum atomic E-state index is 5.57. The number of rotatable bonds is 5. The summed E-state index contributed by atoms with van der Waals surface area (Å²) in [5, 5.41) is 3.75. The Morgan fingerprint density at radius 3 is 2.78 bits per heavy atom. The van der Waals surface area contributed by atoms with Crippen molar-refractivity contribution in [1.29, 1.82) is 0 Å². The van der Waals surface area contributed by atoms with Crippen LogP contribution in [0.5, 0.6) is 0 Å². The van der Waals surface area contributed by atoms with E-state index in [1.807, 2.05) is 0 Å². The fourth-order valence-corrected chi connectivity index (χ4v) is 3.45. The van der Waals surface area contributed by atoms with Crippen LogP contribution in [0.1, 0.15) is 46.0 Å². The second-order valence-electron chi connectivity index (χ2n) is 5.96. The third-order valence-corrected chi connectivity index (χ3v) is 4.64. The Bertz CT molecular complexity index is 229. The molecular weight excluding hydrogens is 224 g/mol. The molecule has 2 atom stereocenters. The zero-order valence-corrected chi connectivity index (χ0v) is 12.2. The molecule has 0 radical (unpaired) electrons. The Labute approximate surface area is 112 Å². The summed E-state index contributed by atoms with van der Waals surface area (Å²) in [7, 11) is 0. The zero-order chi connectivity index (χ0) is 12.8. The van der Waals surface area contributed by atoms with Gasteiger partial charge in [0.25, 0.3) is 0 Å². The molecule has 0 spiro atoms. The van der Waals surface area contributed by atoms with Crippen LogP contribution in [0.2, 0.25) is 0 Å². The van der Waals surface area contributed by atoms with Gasteiger partial charge in [0, 0.05) is 38.3 Å². The largest absolute Gasteiger partial charge is 0.380 e. The minimum absolute atomic E-state index is 0.568. The van der Waals surface area contributed by atoms with Crippen LogP contribution < -0.4 is 5.32 Å². The van der Waals surface area contributed by atoms with Gasteiger partial charge < -0.3 is 10.1 Å². The van der Waals surface area contributed by atoms with Crippen LogP contribution in [0, 0.1) is 5.92 Å². The Morgan fingerprint density at radius 2 is 2.06 bits per heavy atom. The molecule has 3 heteroatoms. The first-order valence-corrected chi connectivity index (χ1v) is 7.86. The molecule has 1 saturated carbocycles. The maximum Gasteiger partial charge on any atom is 0.0619 e. The van der Waals surface area contributed by atoms with E-state index in [-0.39, 0.29) is 0 Å². The second-order valence-corrected chi connectivity index (χ2v) is 5.96. The highest BCUT2D eigenvalue weighted by Gasteiger charge is 2.29. The van der Waals surface area contributed by atoms with Gasteiger partial charge in [-0.1, -0.05) is 19.3 Å². The summed E-state index contributed by atoms with van der Waals surface area (Å²) < 4.78 is 5.57. The Hall–Kier alpha value is -0.120. The van der Waals surface area contributed by atoms with E-state index in [2.05, 4.69) is 24.1 Å². The van der Waals surface area contributed by atoms with Crippen LogP contribution >= 0.6 is 0 Å². The molecule has 2 aliphatic rings. The monoisotopic (exact) mass is 254 g/mol. The fraction of sp³-hybridized carbons (Fsp3) is 1.00.